The van der Waals surface area contributed by atoms with Gasteiger partial charge in [-0.25, -0.2) is 4.79 Å². The smallest absolute Gasteiger partial charge is 0.334 e. The van der Waals surface area contributed by atoms with Gasteiger partial charge in [-0.15, -0.1) is 0 Å². The molecule has 2 heterocycles. The first-order chi connectivity index (χ1) is 10.6. The minimum atomic E-state index is -1.02. The first-order valence-corrected chi connectivity index (χ1v) is 7.32. The number of carbonyl (C=O) groups excluding carboxylic acids is 1. The van der Waals surface area contributed by atoms with Crippen molar-refractivity contribution >= 4 is 22.8 Å². The van der Waals surface area contributed by atoms with E-state index in [9.17, 15) is 9.59 Å². The van der Waals surface area contributed by atoms with Crippen molar-refractivity contribution in [1.29, 1.82) is 0 Å². The highest BCUT2D eigenvalue weighted by atomic mass is 16.5. The maximum atomic E-state index is 12.2. The van der Waals surface area contributed by atoms with Gasteiger partial charge in [0.05, 0.1) is 13.2 Å². The fourth-order valence-corrected chi connectivity index (χ4v) is 2.69. The number of morpholine rings is 1. The Morgan fingerprint density at radius 3 is 3.05 bits per heavy atom. The van der Waals surface area contributed by atoms with E-state index >= 15 is 0 Å². The van der Waals surface area contributed by atoms with Gasteiger partial charge in [-0.3, -0.25) is 4.79 Å². The summed E-state index contributed by atoms with van der Waals surface area (Å²) in [6.45, 7) is 0.864. The summed E-state index contributed by atoms with van der Waals surface area (Å²) >= 11 is 0. The van der Waals surface area contributed by atoms with Crippen LogP contribution >= 0.6 is 0 Å². The van der Waals surface area contributed by atoms with Crippen molar-refractivity contribution in [2.24, 2.45) is 0 Å². The Balaban J connectivity index is 1.58. The second kappa shape index (κ2) is 6.19. The van der Waals surface area contributed by atoms with E-state index in [1.54, 1.807) is 4.90 Å². The highest BCUT2D eigenvalue weighted by Gasteiger charge is 2.28. The van der Waals surface area contributed by atoms with Crippen molar-refractivity contribution in [3.63, 3.8) is 0 Å². The molecule has 6 nitrogen and oxygen atoms in total. The summed E-state index contributed by atoms with van der Waals surface area (Å²) < 4.78 is 5.12. The monoisotopic (exact) mass is 302 g/mol. The van der Waals surface area contributed by atoms with Crippen LogP contribution in [0.2, 0.25) is 0 Å². The van der Waals surface area contributed by atoms with Gasteiger partial charge in [0.15, 0.2) is 6.10 Å². The SMILES string of the molecule is O=C(O)C1CN(C(=O)CCc2ccc3[nH]ccc3c2)CCO1. The number of aliphatic carboxylic acids is 1. The van der Waals surface area contributed by atoms with Crippen molar-refractivity contribution in [3.8, 4) is 0 Å². The number of amides is 1. The number of aryl methyl sites for hydroxylation is 1. The van der Waals surface area contributed by atoms with Crippen molar-refractivity contribution in [2.75, 3.05) is 19.7 Å². The summed E-state index contributed by atoms with van der Waals surface area (Å²) in [5.41, 5.74) is 2.18. The Labute approximate surface area is 127 Å². The summed E-state index contributed by atoms with van der Waals surface area (Å²) in [4.78, 5) is 27.9. The van der Waals surface area contributed by atoms with E-state index in [1.165, 1.54) is 0 Å². The van der Waals surface area contributed by atoms with Gasteiger partial charge in [0.2, 0.25) is 5.91 Å². The van der Waals surface area contributed by atoms with E-state index in [2.05, 4.69) is 11.1 Å². The Morgan fingerprint density at radius 2 is 2.23 bits per heavy atom. The van der Waals surface area contributed by atoms with Gasteiger partial charge in [0.25, 0.3) is 0 Å². The Bertz CT molecular complexity index is 694. The molecule has 0 saturated carbocycles. The van der Waals surface area contributed by atoms with Crippen LogP contribution < -0.4 is 0 Å². The highest BCUT2D eigenvalue weighted by Crippen LogP contribution is 2.16. The van der Waals surface area contributed by atoms with Crippen molar-refractivity contribution in [1.82, 2.24) is 9.88 Å². The van der Waals surface area contributed by atoms with E-state index in [1.807, 2.05) is 24.4 Å². The van der Waals surface area contributed by atoms with Crippen LogP contribution in [0.4, 0.5) is 0 Å². The van der Waals surface area contributed by atoms with E-state index in [0.717, 1.165) is 16.5 Å². The van der Waals surface area contributed by atoms with E-state index in [4.69, 9.17) is 9.84 Å². The molecule has 1 atom stereocenters. The molecule has 1 saturated heterocycles. The number of aromatic nitrogens is 1. The molecular weight excluding hydrogens is 284 g/mol. The Hall–Kier alpha value is -2.34. The van der Waals surface area contributed by atoms with Crippen molar-refractivity contribution in [3.05, 3.63) is 36.0 Å². The predicted octanol–water partition coefficient (Wildman–Crippen LogP) is 1.41. The summed E-state index contributed by atoms with van der Waals surface area (Å²) in [6, 6.07) is 8.08. The van der Waals surface area contributed by atoms with Crippen LogP contribution in [0.1, 0.15) is 12.0 Å². The number of hydrogen-bond donors (Lipinski definition) is 2. The fourth-order valence-electron chi connectivity index (χ4n) is 2.69. The van der Waals surface area contributed by atoms with Gasteiger partial charge in [0, 0.05) is 24.7 Å². The zero-order chi connectivity index (χ0) is 15.5. The molecule has 0 aliphatic carbocycles. The minimum absolute atomic E-state index is 0.0243. The number of benzene rings is 1. The molecule has 22 heavy (non-hydrogen) atoms. The number of aromatic amines is 1. The van der Waals surface area contributed by atoms with Crippen LogP contribution in [0.15, 0.2) is 30.5 Å². The fraction of sp³-hybridized carbons (Fsp3) is 0.375. The number of fused-ring (bicyclic) bond motifs is 1. The lowest BCUT2D eigenvalue weighted by Crippen LogP contribution is -2.48. The van der Waals surface area contributed by atoms with Crippen LogP contribution in [0.3, 0.4) is 0 Å². The molecule has 116 valence electrons. The van der Waals surface area contributed by atoms with Crippen LogP contribution in [-0.4, -0.2) is 52.7 Å². The molecule has 6 heteroatoms. The Kier molecular flexibility index (Phi) is 4.11. The van der Waals surface area contributed by atoms with Crippen molar-refractivity contribution in [2.45, 2.75) is 18.9 Å². The normalized spacial score (nSPS) is 18.5. The number of ether oxygens (including phenoxy) is 1. The first kappa shape index (κ1) is 14.6. The summed E-state index contributed by atoms with van der Waals surface area (Å²) in [6.07, 6.45) is 2.00. The number of carboxylic acids is 1. The quantitative estimate of drug-likeness (QED) is 0.894. The molecule has 2 aromatic rings. The largest absolute Gasteiger partial charge is 0.479 e. The number of carbonyl (C=O) groups is 2. The number of nitrogens with zero attached hydrogens (tertiary/aromatic N) is 1. The Morgan fingerprint density at radius 1 is 1.36 bits per heavy atom. The molecule has 0 bridgehead atoms. The molecule has 1 unspecified atom stereocenters. The minimum Gasteiger partial charge on any atom is -0.479 e. The van der Waals surface area contributed by atoms with Crippen molar-refractivity contribution < 1.29 is 19.4 Å². The van der Waals surface area contributed by atoms with Crippen LogP contribution in [0, 0.1) is 0 Å². The predicted molar refractivity (Wildman–Crippen MR) is 80.6 cm³/mol. The second-order valence-corrected chi connectivity index (χ2v) is 5.44. The van der Waals surface area contributed by atoms with Gasteiger partial charge < -0.3 is 19.7 Å². The molecule has 3 rings (SSSR count). The standard InChI is InChI=1S/C16H18N2O4/c19-15(18-7-8-22-14(10-18)16(20)21)4-2-11-1-3-13-12(9-11)5-6-17-13/h1,3,5-6,9,14,17H,2,4,7-8,10H2,(H,20,21). The van der Waals surface area contributed by atoms with Crippen LogP contribution in [0.5, 0.6) is 0 Å². The molecule has 2 N–H and O–H groups in total. The third-order valence-electron chi connectivity index (χ3n) is 3.94. The molecular formula is C16H18N2O4. The van der Waals surface area contributed by atoms with E-state index in [-0.39, 0.29) is 19.1 Å². The molecule has 1 amide bonds. The summed E-state index contributed by atoms with van der Waals surface area (Å²) in [5, 5.41) is 10.1. The van der Waals surface area contributed by atoms with Gasteiger partial charge >= 0.3 is 5.97 Å². The topological polar surface area (TPSA) is 82.6 Å². The zero-order valence-electron chi connectivity index (χ0n) is 12.1. The van der Waals surface area contributed by atoms with E-state index < -0.39 is 12.1 Å². The number of carboxylic acid groups (broad SMARTS) is 1. The van der Waals surface area contributed by atoms with Gasteiger partial charge in [0.1, 0.15) is 0 Å². The molecule has 1 aromatic heterocycles. The zero-order valence-corrected chi connectivity index (χ0v) is 12.1. The summed E-state index contributed by atoms with van der Waals surface area (Å²) in [7, 11) is 0. The third-order valence-corrected chi connectivity index (χ3v) is 3.94. The number of nitrogens with one attached hydrogen (secondary N) is 1. The molecule has 1 aromatic carbocycles. The second-order valence-electron chi connectivity index (χ2n) is 5.44. The highest BCUT2D eigenvalue weighted by molar-refractivity contribution is 5.81. The summed E-state index contributed by atoms with van der Waals surface area (Å²) in [5.74, 6) is -1.04. The molecule has 1 fully saturated rings. The number of H-pyrrole nitrogens is 1. The average molecular weight is 302 g/mol. The maximum absolute atomic E-state index is 12.2. The first-order valence-electron chi connectivity index (χ1n) is 7.32. The van der Waals surface area contributed by atoms with Crippen LogP contribution in [-0.2, 0) is 20.7 Å². The lowest BCUT2D eigenvalue weighted by atomic mass is 10.1. The van der Waals surface area contributed by atoms with Gasteiger partial charge in [-0.2, -0.15) is 0 Å². The number of hydrogen-bond acceptors (Lipinski definition) is 3. The lowest BCUT2D eigenvalue weighted by molar-refractivity contribution is -0.159. The van der Waals surface area contributed by atoms with Crippen LogP contribution in [0.25, 0.3) is 10.9 Å². The van der Waals surface area contributed by atoms with Gasteiger partial charge in [-0.1, -0.05) is 6.07 Å². The maximum Gasteiger partial charge on any atom is 0.334 e. The molecule has 0 radical (unpaired) electrons. The van der Waals surface area contributed by atoms with E-state index in [0.29, 0.717) is 19.4 Å². The molecule has 0 spiro atoms. The molecule has 1 aliphatic heterocycles. The third kappa shape index (κ3) is 3.12. The average Bonchev–Trinajstić information content (AvgIpc) is 3.00. The number of rotatable bonds is 4. The molecule has 1 aliphatic rings. The van der Waals surface area contributed by atoms with Gasteiger partial charge in [-0.05, 0) is 35.6 Å². The lowest BCUT2D eigenvalue weighted by Gasteiger charge is -2.31.